The zero-order chi connectivity index (χ0) is 13.7. The smallest absolute Gasteiger partial charge is 0.233 e. The molecule has 1 fully saturated rings. The highest BCUT2D eigenvalue weighted by Crippen LogP contribution is 2.15. The quantitative estimate of drug-likeness (QED) is 0.269. The zero-order valence-corrected chi connectivity index (χ0v) is 10.7. The summed E-state index contributed by atoms with van der Waals surface area (Å²) in [4.78, 5) is 13.9. The van der Waals surface area contributed by atoms with Gasteiger partial charge in [-0.3, -0.25) is 4.79 Å². The Morgan fingerprint density at radius 2 is 2.28 bits per heavy atom. The summed E-state index contributed by atoms with van der Waals surface area (Å²) in [5.41, 5.74) is 5.51. The molecule has 0 aromatic rings. The molecule has 1 aliphatic rings. The van der Waals surface area contributed by atoms with Crippen molar-refractivity contribution in [1.29, 1.82) is 0 Å². The minimum absolute atomic E-state index is 0.0813. The fourth-order valence-corrected chi connectivity index (χ4v) is 2.13. The van der Waals surface area contributed by atoms with E-state index < -0.39 is 5.92 Å². The molecular weight excluding hydrogens is 238 g/mol. The lowest BCUT2D eigenvalue weighted by atomic mass is 10.0. The van der Waals surface area contributed by atoms with Crippen LogP contribution < -0.4 is 5.73 Å². The van der Waals surface area contributed by atoms with Gasteiger partial charge in [-0.1, -0.05) is 12.1 Å². The summed E-state index contributed by atoms with van der Waals surface area (Å²) in [5.74, 6) is -0.900. The Labute approximate surface area is 106 Å². The van der Waals surface area contributed by atoms with E-state index in [9.17, 15) is 4.79 Å². The van der Waals surface area contributed by atoms with Crippen LogP contribution in [0.1, 0.15) is 20.3 Å². The van der Waals surface area contributed by atoms with Crippen LogP contribution in [0.5, 0.6) is 0 Å². The van der Waals surface area contributed by atoms with Crippen LogP contribution in [0.25, 0.3) is 0 Å². The highest BCUT2D eigenvalue weighted by Gasteiger charge is 2.32. The molecular formula is C11H21N3O4. The van der Waals surface area contributed by atoms with Gasteiger partial charge in [0.2, 0.25) is 5.91 Å². The monoisotopic (exact) mass is 259 g/mol. The molecule has 1 aliphatic heterocycles. The molecule has 0 saturated carbocycles. The Bertz CT molecular complexity index is 321. The molecule has 0 aromatic carbocycles. The van der Waals surface area contributed by atoms with E-state index in [1.54, 1.807) is 11.8 Å². The number of rotatable bonds is 4. The molecule has 0 aliphatic carbocycles. The molecule has 0 aromatic heterocycles. The van der Waals surface area contributed by atoms with Gasteiger partial charge in [0.25, 0.3) is 0 Å². The number of aliphatic hydroxyl groups excluding tert-OH is 1. The lowest BCUT2D eigenvalue weighted by molar-refractivity contribution is -0.149. The molecule has 18 heavy (non-hydrogen) atoms. The number of aliphatic hydroxyl groups is 1. The van der Waals surface area contributed by atoms with Gasteiger partial charge in [-0.25, -0.2) is 0 Å². The van der Waals surface area contributed by atoms with Gasteiger partial charge in [0.15, 0.2) is 5.84 Å². The van der Waals surface area contributed by atoms with E-state index in [0.717, 1.165) is 0 Å². The van der Waals surface area contributed by atoms with Crippen molar-refractivity contribution in [2.24, 2.45) is 16.8 Å². The number of amides is 1. The van der Waals surface area contributed by atoms with Gasteiger partial charge in [-0.2, -0.15) is 0 Å². The summed E-state index contributed by atoms with van der Waals surface area (Å²) in [7, 11) is 0. The minimum Gasteiger partial charge on any atom is -0.409 e. The lowest BCUT2D eigenvalue weighted by Crippen LogP contribution is -2.53. The van der Waals surface area contributed by atoms with Crippen molar-refractivity contribution in [3.8, 4) is 0 Å². The number of ether oxygens (including phenoxy) is 1. The number of hydrogen-bond donors (Lipinski definition) is 3. The third-order valence-electron chi connectivity index (χ3n) is 3.02. The van der Waals surface area contributed by atoms with Crippen LogP contribution in [0, 0.1) is 5.92 Å². The maximum Gasteiger partial charge on any atom is 0.233 e. The van der Waals surface area contributed by atoms with Crippen molar-refractivity contribution in [3.05, 3.63) is 0 Å². The first-order chi connectivity index (χ1) is 8.53. The number of nitrogens with zero attached hydrogens (tertiary/aromatic N) is 2. The second-order valence-corrected chi connectivity index (χ2v) is 4.48. The summed E-state index contributed by atoms with van der Waals surface area (Å²) in [6.45, 7) is 4.29. The molecule has 4 N–H and O–H groups in total. The third kappa shape index (κ3) is 3.33. The van der Waals surface area contributed by atoms with Crippen molar-refractivity contribution < 1.29 is 19.8 Å². The number of amidine groups is 1. The lowest BCUT2D eigenvalue weighted by Gasteiger charge is -2.37. The van der Waals surface area contributed by atoms with Gasteiger partial charge in [0.1, 0.15) is 0 Å². The predicted molar refractivity (Wildman–Crippen MR) is 65.2 cm³/mol. The van der Waals surface area contributed by atoms with Crippen LogP contribution in [0.15, 0.2) is 5.16 Å². The maximum atomic E-state index is 12.3. The Morgan fingerprint density at radius 1 is 1.61 bits per heavy atom. The normalized spacial score (nSPS) is 27.1. The second kappa shape index (κ2) is 6.55. The fraction of sp³-hybridized carbons (Fsp3) is 0.818. The van der Waals surface area contributed by atoms with E-state index in [4.69, 9.17) is 20.8 Å². The number of carbonyl (C=O) groups is 1. The number of hydrogen-bond acceptors (Lipinski definition) is 5. The molecule has 1 rings (SSSR count). The minimum atomic E-state index is -0.625. The Kier molecular flexibility index (Phi) is 5.36. The molecule has 0 spiro atoms. The highest BCUT2D eigenvalue weighted by atomic mass is 16.5. The zero-order valence-electron chi connectivity index (χ0n) is 10.7. The van der Waals surface area contributed by atoms with E-state index in [2.05, 4.69) is 5.16 Å². The molecule has 7 heteroatoms. The van der Waals surface area contributed by atoms with Crippen molar-refractivity contribution in [1.82, 2.24) is 4.90 Å². The Balaban J connectivity index is 2.75. The second-order valence-electron chi connectivity index (χ2n) is 4.48. The molecule has 7 nitrogen and oxygen atoms in total. The third-order valence-corrected chi connectivity index (χ3v) is 3.02. The van der Waals surface area contributed by atoms with Crippen LogP contribution in [-0.2, 0) is 9.53 Å². The predicted octanol–water partition coefficient (Wildman–Crippen LogP) is -0.633. The Morgan fingerprint density at radius 3 is 2.78 bits per heavy atom. The number of carbonyl (C=O) groups excluding carboxylic acids is 1. The maximum absolute atomic E-state index is 12.3. The van der Waals surface area contributed by atoms with Crippen LogP contribution >= 0.6 is 0 Å². The highest BCUT2D eigenvalue weighted by molar-refractivity contribution is 6.02. The van der Waals surface area contributed by atoms with Gasteiger partial charge >= 0.3 is 0 Å². The molecule has 3 unspecified atom stereocenters. The average Bonchev–Trinajstić information content (AvgIpc) is 2.38. The molecule has 1 saturated heterocycles. The van der Waals surface area contributed by atoms with Gasteiger partial charge in [0.05, 0.1) is 24.7 Å². The molecule has 104 valence electrons. The molecule has 0 bridgehead atoms. The molecule has 3 atom stereocenters. The SMILES string of the molecule is CCC(C(=O)N1CC(C)OC(CO)C1)C(N)=NO. The first-order valence-corrected chi connectivity index (χ1v) is 6.05. The van der Waals surface area contributed by atoms with Crippen LogP contribution in [-0.4, -0.2) is 58.9 Å². The van der Waals surface area contributed by atoms with Gasteiger partial charge in [-0.15, -0.1) is 0 Å². The van der Waals surface area contributed by atoms with Crippen molar-refractivity contribution in [3.63, 3.8) is 0 Å². The van der Waals surface area contributed by atoms with E-state index in [0.29, 0.717) is 19.5 Å². The number of nitrogens with two attached hydrogens (primary N) is 1. The number of morpholine rings is 1. The fourth-order valence-electron chi connectivity index (χ4n) is 2.13. The van der Waals surface area contributed by atoms with Crippen molar-refractivity contribution in [2.45, 2.75) is 32.5 Å². The first kappa shape index (κ1) is 14.7. The topological polar surface area (TPSA) is 108 Å². The van der Waals surface area contributed by atoms with E-state index in [1.165, 1.54) is 0 Å². The largest absolute Gasteiger partial charge is 0.409 e. The summed E-state index contributed by atoms with van der Waals surface area (Å²) in [5, 5.41) is 20.7. The standard InChI is InChI=1S/C11H21N3O4/c1-3-9(10(12)13-17)11(16)14-4-7(2)18-8(5-14)6-15/h7-9,15,17H,3-6H2,1-2H3,(H2,12,13). The van der Waals surface area contributed by atoms with Gasteiger partial charge in [-0.05, 0) is 13.3 Å². The van der Waals surface area contributed by atoms with Crippen molar-refractivity contribution in [2.75, 3.05) is 19.7 Å². The van der Waals surface area contributed by atoms with Crippen molar-refractivity contribution >= 4 is 11.7 Å². The number of oxime groups is 1. The van der Waals surface area contributed by atoms with Gasteiger partial charge in [0, 0.05) is 13.1 Å². The summed E-state index contributed by atoms with van der Waals surface area (Å²) in [6, 6.07) is 0. The molecule has 0 radical (unpaired) electrons. The van der Waals surface area contributed by atoms with Crippen LogP contribution in [0.4, 0.5) is 0 Å². The molecule has 1 heterocycles. The average molecular weight is 259 g/mol. The van der Waals surface area contributed by atoms with E-state index in [-0.39, 0.29) is 30.6 Å². The first-order valence-electron chi connectivity index (χ1n) is 6.05. The van der Waals surface area contributed by atoms with E-state index in [1.807, 2.05) is 6.92 Å². The molecule has 1 amide bonds. The Hall–Kier alpha value is -1.34. The van der Waals surface area contributed by atoms with Gasteiger partial charge < -0.3 is 25.7 Å². The summed E-state index contributed by atoms with van der Waals surface area (Å²) >= 11 is 0. The summed E-state index contributed by atoms with van der Waals surface area (Å²) < 4.78 is 5.46. The van der Waals surface area contributed by atoms with Crippen LogP contribution in [0.3, 0.4) is 0 Å². The van der Waals surface area contributed by atoms with Crippen LogP contribution in [0.2, 0.25) is 0 Å². The summed E-state index contributed by atoms with van der Waals surface area (Å²) in [6.07, 6.45) is -0.0447. The van der Waals surface area contributed by atoms with E-state index >= 15 is 0 Å².